The third-order valence-corrected chi connectivity index (χ3v) is 5.80. The second-order valence-electron chi connectivity index (χ2n) is 8.39. The molecule has 1 aromatic heterocycles. The first-order chi connectivity index (χ1) is 15.5. The predicted molar refractivity (Wildman–Crippen MR) is 125 cm³/mol. The normalized spacial score (nSPS) is 18.2. The van der Waals surface area contributed by atoms with Crippen molar-refractivity contribution >= 4 is 28.7 Å². The molecule has 0 unspecified atom stereocenters. The summed E-state index contributed by atoms with van der Waals surface area (Å²) in [5.41, 5.74) is 1.39. The van der Waals surface area contributed by atoms with Crippen LogP contribution in [0.1, 0.15) is 31.2 Å². The third-order valence-electron chi connectivity index (χ3n) is 5.80. The van der Waals surface area contributed by atoms with Crippen molar-refractivity contribution in [1.82, 2.24) is 20.6 Å². The van der Waals surface area contributed by atoms with Gasteiger partial charge in [0.1, 0.15) is 11.6 Å². The summed E-state index contributed by atoms with van der Waals surface area (Å²) in [6.45, 7) is 0.170. The number of anilines is 2. The van der Waals surface area contributed by atoms with E-state index in [9.17, 15) is 9.18 Å². The minimum atomic E-state index is -0.312. The molecule has 1 aliphatic rings. The molecule has 168 valence electrons. The molecule has 1 saturated carbocycles. The van der Waals surface area contributed by atoms with Crippen molar-refractivity contribution in [2.24, 2.45) is 0 Å². The van der Waals surface area contributed by atoms with Crippen LogP contribution in [0.15, 0.2) is 48.5 Å². The summed E-state index contributed by atoms with van der Waals surface area (Å²) < 4.78 is 13.7. The van der Waals surface area contributed by atoms with Gasteiger partial charge in [-0.3, -0.25) is 0 Å². The van der Waals surface area contributed by atoms with E-state index < -0.39 is 0 Å². The van der Waals surface area contributed by atoms with Gasteiger partial charge in [-0.25, -0.2) is 14.2 Å². The third kappa shape index (κ3) is 5.25. The Kier molecular flexibility index (Phi) is 6.68. The average molecular weight is 437 g/mol. The van der Waals surface area contributed by atoms with Crippen molar-refractivity contribution in [2.45, 2.75) is 44.3 Å². The predicted octanol–water partition coefficient (Wildman–Crippen LogP) is 4.06. The average Bonchev–Trinajstić information content (AvgIpc) is 2.79. The molecule has 3 N–H and O–H groups in total. The zero-order valence-electron chi connectivity index (χ0n) is 18.4. The Labute approximate surface area is 187 Å². The molecule has 0 aliphatic heterocycles. The molecule has 0 spiro atoms. The summed E-state index contributed by atoms with van der Waals surface area (Å²) in [6, 6.07) is 14.5. The largest absolute Gasteiger partial charge is 0.362 e. The molecular weight excluding hydrogens is 407 g/mol. The minimum Gasteiger partial charge on any atom is -0.362 e. The van der Waals surface area contributed by atoms with Crippen LogP contribution in [0.2, 0.25) is 0 Å². The highest BCUT2D eigenvalue weighted by atomic mass is 19.1. The molecule has 7 nitrogen and oxygen atoms in total. The highest BCUT2D eigenvalue weighted by Crippen LogP contribution is 2.26. The van der Waals surface area contributed by atoms with Gasteiger partial charge in [-0.05, 0) is 43.9 Å². The van der Waals surface area contributed by atoms with E-state index in [1.54, 1.807) is 18.2 Å². The lowest BCUT2D eigenvalue weighted by molar-refractivity contribution is 0.231. The van der Waals surface area contributed by atoms with E-state index in [1.807, 2.05) is 43.3 Å². The molecule has 8 heteroatoms. The van der Waals surface area contributed by atoms with Crippen LogP contribution in [0.5, 0.6) is 0 Å². The number of nitrogens with one attached hydrogen (secondary N) is 3. The number of amides is 2. The molecule has 1 heterocycles. The standard InChI is InChI=1S/C24H29FN6O/c1-31(2)22-19-8-4-6-10-21(19)29-23(30-22)27-17-11-13-18(14-12-17)28-24(32)26-15-16-7-3-5-9-20(16)25/h3-10,17-18H,11-15H2,1-2H3,(H2,26,28,32)(H,27,29,30). The number of carbonyl (C=O) groups excluding carboxylic acids is 1. The fourth-order valence-corrected chi connectivity index (χ4v) is 4.08. The SMILES string of the molecule is CN(C)c1nc(NC2CCC(NC(=O)NCc3ccccc3F)CC2)nc2ccccc12. The van der Waals surface area contributed by atoms with Crippen LogP contribution in [0.4, 0.5) is 21.0 Å². The number of rotatable bonds is 6. The summed E-state index contributed by atoms with van der Waals surface area (Å²) in [6.07, 6.45) is 3.54. The second kappa shape index (κ2) is 9.80. The zero-order chi connectivity index (χ0) is 22.5. The Hall–Kier alpha value is -3.42. The van der Waals surface area contributed by atoms with Crippen molar-refractivity contribution in [2.75, 3.05) is 24.3 Å². The van der Waals surface area contributed by atoms with Gasteiger partial charge < -0.3 is 20.9 Å². The van der Waals surface area contributed by atoms with Crippen LogP contribution in [0.3, 0.4) is 0 Å². The first-order valence-corrected chi connectivity index (χ1v) is 11.0. The van der Waals surface area contributed by atoms with Gasteiger partial charge in [0.2, 0.25) is 5.95 Å². The van der Waals surface area contributed by atoms with Crippen molar-refractivity contribution in [3.05, 3.63) is 59.9 Å². The number of hydrogen-bond donors (Lipinski definition) is 3. The smallest absolute Gasteiger partial charge is 0.315 e. The monoisotopic (exact) mass is 436 g/mol. The van der Waals surface area contributed by atoms with E-state index in [4.69, 9.17) is 4.98 Å². The molecule has 2 amide bonds. The van der Waals surface area contributed by atoms with Gasteiger partial charge in [0.15, 0.2) is 0 Å². The van der Waals surface area contributed by atoms with Gasteiger partial charge in [0, 0.05) is 43.7 Å². The van der Waals surface area contributed by atoms with Crippen molar-refractivity contribution in [3.8, 4) is 0 Å². The summed E-state index contributed by atoms with van der Waals surface area (Å²) in [5.74, 6) is 1.21. The van der Waals surface area contributed by atoms with Gasteiger partial charge in [0.25, 0.3) is 0 Å². The number of fused-ring (bicyclic) bond motifs is 1. The number of carbonyl (C=O) groups is 1. The molecule has 0 radical (unpaired) electrons. The molecule has 0 atom stereocenters. The molecule has 3 aromatic rings. The van der Waals surface area contributed by atoms with Gasteiger partial charge in [-0.2, -0.15) is 4.98 Å². The van der Waals surface area contributed by atoms with Crippen molar-refractivity contribution in [3.63, 3.8) is 0 Å². The van der Waals surface area contributed by atoms with Crippen LogP contribution in [-0.2, 0) is 6.54 Å². The van der Waals surface area contributed by atoms with Gasteiger partial charge in [-0.1, -0.05) is 30.3 Å². The van der Waals surface area contributed by atoms with E-state index in [0.29, 0.717) is 11.5 Å². The number of halogens is 1. The Balaban J connectivity index is 1.29. The lowest BCUT2D eigenvalue weighted by atomic mass is 9.91. The first kappa shape index (κ1) is 21.8. The summed E-state index contributed by atoms with van der Waals surface area (Å²) in [4.78, 5) is 23.6. The maximum Gasteiger partial charge on any atom is 0.315 e. The Morgan fingerprint density at radius 3 is 2.44 bits per heavy atom. The maximum atomic E-state index is 13.7. The Bertz CT molecular complexity index is 1080. The zero-order valence-corrected chi connectivity index (χ0v) is 18.4. The number of benzene rings is 2. The van der Waals surface area contributed by atoms with E-state index >= 15 is 0 Å². The van der Waals surface area contributed by atoms with Crippen LogP contribution < -0.4 is 20.9 Å². The summed E-state index contributed by atoms with van der Waals surface area (Å²) in [7, 11) is 3.96. The van der Waals surface area contributed by atoms with Crippen LogP contribution in [0, 0.1) is 5.82 Å². The van der Waals surface area contributed by atoms with E-state index in [-0.39, 0.29) is 30.5 Å². The molecule has 1 aliphatic carbocycles. The lowest BCUT2D eigenvalue weighted by Crippen LogP contribution is -2.44. The fraction of sp³-hybridized carbons (Fsp3) is 0.375. The minimum absolute atomic E-state index is 0.100. The van der Waals surface area contributed by atoms with Crippen molar-refractivity contribution < 1.29 is 9.18 Å². The summed E-state index contributed by atoms with van der Waals surface area (Å²) in [5, 5.41) is 10.2. The summed E-state index contributed by atoms with van der Waals surface area (Å²) >= 11 is 0. The number of urea groups is 1. The van der Waals surface area contributed by atoms with Crippen LogP contribution in [-0.4, -0.2) is 42.2 Å². The fourth-order valence-electron chi connectivity index (χ4n) is 4.08. The van der Waals surface area contributed by atoms with Crippen molar-refractivity contribution in [1.29, 1.82) is 0 Å². The molecule has 2 aromatic carbocycles. The lowest BCUT2D eigenvalue weighted by Gasteiger charge is -2.30. The van der Waals surface area contributed by atoms with E-state index in [0.717, 1.165) is 42.4 Å². The van der Waals surface area contributed by atoms with E-state index in [2.05, 4.69) is 20.9 Å². The highest BCUT2D eigenvalue weighted by molar-refractivity contribution is 5.90. The highest BCUT2D eigenvalue weighted by Gasteiger charge is 2.23. The van der Waals surface area contributed by atoms with Gasteiger partial charge in [0.05, 0.1) is 5.52 Å². The van der Waals surface area contributed by atoms with Crippen LogP contribution in [0.25, 0.3) is 10.9 Å². The number of hydrogen-bond acceptors (Lipinski definition) is 5. The molecule has 32 heavy (non-hydrogen) atoms. The second-order valence-corrected chi connectivity index (χ2v) is 8.39. The van der Waals surface area contributed by atoms with Crippen LogP contribution >= 0.6 is 0 Å². The Morgan fingerprint density at radius 1 is 1.00 bits per heavy atom. The quantitative estimate of drug-likeness (QED) is 0.543. The molecule has 0 bridgehead atoms. The molecule has 1 fully saturated rings. The topological polar surface area (TPSA) is 82.2 Å². The molecule has 0 saturated heterocycles. The maximum absolute atomic E-state index is 13.7. The number of nitrogens with zero attached hydrogens (tertiary/aromatic N) is 3. The van der Waals surface area contributed by atoms with Gasteiger partial charge >= 0.3 is 6.03 Å². The molecule has 4 rings (SSSR count). The number of aromatic nitrogens is 2. The van der Waals surface area contributed by atoms with E-state index in [1.165, 1.54) is 6.07 Å². The van der Waals surface area contributed by atoms with Gasteiger partial charge in [-0.15, -0.1) is 0 Å². The first-order valence-electron chi connectivity index (χ1n) is 11.0. The number of para-hydroxylation sites is 1. The Morgan fingerprint density at radius 2 is 1.69 bits per heavy atom. The molecular formula is C24H29FN6O.